The number of aromatic nitrogens is 1. The van der Waals surface area contributed by atoms with Gasteiger partial charge in [-0.3, -0.25) is 9.78 Å². The van der Waals surface area contributed by atoms with Crippen molar-refractivity contribution >= 4 is 23.4 Å². The van der Waals surface area contributed by atoms with E-state index in [0.29, 0.717) is 24.1 Å². The molecule has 2 aromatic carbocycles. The van der Waals surface area contributed by atoms with Crippen molar-refractivity contribution in [2.24, 2.45) is 0 Å². The Balaban J connectivity index is 1.48. The molecule has 0 saturated carbocycles. The maximum absolute atomic E-state index is 14.6. The van der Waals surface area contributed by atoms with Crippen LogP contribution >= 0.6 is 0 Å². The average Bonchev–Trinajstić information content (AvgIpc) is 3.24. The van der Waals surface area contributed by atoms with Crippen LogP contribution in [0.2, 0.25) is 0 Å². The molecule has 0 fully saturated rings. The Kier molecular flexibility index (Phi) is 6.26. The number of rotatable bonds is 5. The number of carbonyl (C=O) groups excluding carboxylic acids is 2. The zero-order valence-corrected chi connectivity index (χ0v) is 17.3. The summed E-state index contributed by atoms with van der Waals surface area (Å²) in [4.78, 5) is 32.2. The van der Waals surface area contributed by atoms with Gasteiger partial charge in [0.05, 0.1) is 18.3 Å². The van der Waals surface area contributed by atoms with Crippen molar-refractivity contribution in [1.29, 1.82) is 0 Å². The standard InChI is InChI=1S/C24H18F2N4O3/c1-27-21-12-14(5-8-18(21)25)29-23(31)17-6-9-19(26)22-16(17)7-10-20(22)30-24(32)33-13-15-4-2-3-11-28-15/h2-6,8-9,11-12,20H,7,10,13H2,(H,29,31)(H,30,32)/t20-/m0/s1. The second-order valence-corrected chi connectivity index (χ2v) is 7.35. The smallest absolute Gasteiger partial charge is 0.408 e. The Labute approximate surface area is 188 Å². The summed E-state index contributed by atoms with van der Waals surface area (Å²) in [6, 6.07) is 10.8. The Morgan fingerprint density at radius 3 is 2.73 bits per heavy atom. The fourth-order valence-corrected chi connectivity index (χ4v) is 3.75. The first-order valence-corrected chi connectivity index (χ1v) is 10.1. The number of halogens is 2. The van der Waals surface area contributed by atoms with E-state index >= 15 is 0 Å². The lowest BCUT2D eigenvalue weighted by molar-refractivity contribution is 0.102. The minimum atomic E-state index is -0.717. The van der Waals surface area contributed by atoms with Gasteiger partial charge in [0.2, 0.25) is 5.69 Å². The number of amides is 2. The lowest BCUT2D eigenvalue weighted by atomic mass is 10.0. The van der Waals surface area contributed by atoms with Crippen molar-refractivity contribution in [3.8, 4) is 0 Å². The minimum Gasteiger partial charge on any atom is -0.443 e. The van der Waals surface area contributed by atoms with E-state index in [0.717, 1.165) is 6.07 Å². The zero-order valence-electron chi connectivity index (χ0n) is 17.3. The first-order valence-electron chi connectivity index (χ1n) is 10.1. The number of fused-ring (bicyclic) bond motifs is 1. The summed E-state index contributed by atoms with van der Waals surface area (Å²) in [5, 5.41) is 5.26. The molecule has 1 aliphatic rings. The van der Waals surface area contributed by atoms with Crippen LogP contribution in [0.5, 0.6) is 0 Å². The van der Waals surface area contributed by atoms with E-state index in [1.165, 1.54) is 24.3 Å². The molecule has 0 radical (unpaired) electrons. The Morgan fingerprint density at radius 1 is 1.15 bits per heavy atom. The molecule has 0 aliphatic heterocycles. The van der Waals surface area contributed by atoms with Crippen LogP contribution in [0.25, 0.3) is 4.85 Å². The Hall–Kier alpha value is -4.32. The average molecular weight is 448 g/mol. The van der Waals surface area contributed by atoms with Crippen LogP contribution in [-0.2, 0) is 17.8 Å². The molecule has 1 atom stereocenters. The Bertz CT molecular complexity index is 1260. The number of nitrogens with zero attached hydrogens (tertiary/aromatic N) is 2. The second-order valence-electron chi connectivity index (χ2n) is 7.35. The molecule has 4 rings (SSSR count). The van der Waals surface area contributed by atoms with Crippen LogP contribution in [0.15, 0.2) is 54.7 Å². The van der Waals surface area contributed by atoms with Crippen molar-refractivity contribution in [2.75, 3.05) is 5.32 Å². The van der Waals surface area contributed by atoms with Crippen LogP contribution in [0.1, 0.15) is 39.6 Å². The van der Waals surface area contributed by atoms with E-state index in [1.54, 1.807) is 24.4 Å². The van der Waals surface area contributed by atoms with E-state index in [1.807, 2.05) is 0 Å². The number of hydrogen-bond acceptors (Lipinski definition) is 4. The summed E-state index contributed by atoms with van der Waals surface area (Å²) >= 11 is 0. The third-order valence-electron chi connectivity index (χ3n) is 5.27. The minimum absolute atomic E-state index is 0.0263. The quantitative estimate of drug-likeness (QED) is 0.534. The molecule has 0 bridgehead atoms. The number of anilines is 1. The SMILES string of the molecule is [C-]#[N+]c1cc(NC(=O)c2ccc(F)c3c2CC[C@@H]3NC(=O)OCc2ccccn2)ccc1F. The highest BCUT2D eigenvalue weighted by Gasteiger charge is 2.31. The molecule has 0 unspecified atom stereocenters. The predicted molar refractivity (Wildman–Crippen MR) is 116 cm³/mol. The van der Waals surface area contributed by atoms with E-state index in [9.17, 15) is 18.4 Å². The van der Waals surface area contributed by atoms with Gasteiger partial charge in [-0.05, 0) is 60.9 Å². The van der Waals surface area contributed by atoms with E-state index < -0.39 is 29.7 Å². The van der Waals surface area contributed by atoms with Gasteiger partial charge in [0.1, 0.15) is 18.2 Å². The van der Waals surface area contributed by atoms with Gasteiger partial charge >= 0.3 is 6.09 Å². The summed E-state index contributed by atoms with van der Waals surface area (Å²) in [5.74, 6) is -1.74. The highest BCUT2D eigenvalue weighted by atomic mass is 19.1. The van der Waals surface area contributed by atoms with Crippen molar-refractivity contribution in [1.82, 2.24) is 10.3 Å². The number of nitrogens with one attached hydrogen (secondary N) is 2. The molecular weight excluding hydrogens is 430 g/mol. The van der Waals surface area contributed by atoms with E-state index in [2.05, 4.69) is 20.5 Å². The number of alkyl carbamates (subject to hydrolysis) is 1. The van der Waals surface area contributed by atoms with Crippen molar-refractivity contribution in [3.05, 3.63) is 100 Å². The Morgan fingerprint density at radius 2 is 1.97 bits per heavy atom. The van der Waals surface area contributed by atoms with E-state index in [-0.39, 0.29) is 29.1 Å². The third-order valence-corrected chi connectivity index (χ3v) is 5.27. The van der Waals surface area contributed by atoms with Gasteiger partial charge in [-0.15, -0.1) is 0 Å². The first kappa shape index (κ1) is 21.9. The molecule has 166 valence electrons. The number of benzene rings is 2. The number of carbonyl (C=O) groups is 2. The van der Waals surface area contributed by atoms with Gasteiger partial charge < -0.3 is 15.4 Å². The van der Waals surface area contributed by atoms with Gasteiger partial charge in [0, 0.05) is 23.0 Å². The predicted octanol–water partition coefficient (Wildman–Crippen LogP) is 5.08. The van der Waals surface area contributed by atoms with Crippen molar-refractivity contribution < 1.29 is 23.1 Å². The van der Waals surface area contributed by atoms with Crippen molar-refractivity contribution in [3.63, 3.8) is 0 Å². The van der Waals surface area contributed by atoms with E-state index in [4.69, 9.17) is 11.3 Å². The van der Waals surface area contributed by atoms with Crippen LogP contribution in [-0.4, -0.2) is 17.0 Å². The lowest BCUT2D eigenvalue weighted by Crippen LogP contribution is -2.28. The van der Waals surface area contributed by atoms with Gasteiger partial charge in [0.15, 0.2) is 0 Å². The fraction of sp³-hybridized carbons (Fsp3) is 0.167. The molecule has 2 amide bonds. The maximum Gasteiger partial charge on any atom is 0.408 e. The molecule has 1 aromatic heterocycles. The molecule has 2 N–H and O–H groups in total. The summed E-state index contributed by atoms with van der Waals surface area (Å²) in [7, 11) is 0. The number of pyridine rings is 1. The topological polar surface area (TPSA) is 84.7 Å². The van der Waals surface area contributed by atoms with Gasteiger partial charge in [-0.25, -0.2) is 18.4 Å². The summed E-state index contributed by atoms with van der Waals surface area (Å²) in [6.07, 6.45) is 1.64. The van der Waals surface area contributed by atoms with Gasteiger partial charge in [0.25, 0.3) is 5.91 Å². The molecule has 0 saturated heterocycles. The molecular formula is C24H18F2N4O3. The second kappa shape index (κ2) is 9.44. The highest BCUT2D eigenvalue weighted by Crippen LogP contribution is 2.36. The molecule has 1 heterocycles. The maximum atomic E-state index is 14.6. The molecule has 7 nitrogen and oxygen atoms in total. The molecule has 33 heavy (non-hydrogen) atoms. The summed E-state index contributed by atoms with van der Waals surface area (Å²) < 4.78 is 33.3. The summed E-state index contributed by atoms with van der Waals surface area (Å²) in [6.45, 7) is 6.96. The number of ether oxygens (including phenoxy) is 1. The van der Waals surface area contributed by atoms with Crippen LogP contribution in [0.3, 0.4) is 0 Å². The third kappa shape index (κ3) is 4.80. The van der Waals surface area contributed by atoms with Crippen LogP contribution in [0.4, 0.5) is 25.0 Å². The lowest BCUT2D eigenvalue weighted by Gasteiger charge is -2.16. The molecule has 3 aromatic rings. The molecule has 9 heteroatoms. The largest absolute Gasteiger partial charge is 0.443 e. The van der Waals surface area contributed by atoms with Gasteiger partial charge in [-0.1, -0.05) is 6.07 Å². The molecule has 1 aliphatic carbocycles. The highest BCUT2D eigenvalue weighted by molar-refractivity contribution is 6.06. The summed E-state index contributed by atoms with van der Waals surface area (Å²) in [5.41, 5.74) is 1.56. The molecule has 0 spiro atoms. The number of hydrogen-bond donors (Lipinski definition) is 2. The van der Waals surface area contributed by atoms with Gasteiger partial charge in [-0.2, -0.15) is 0 Å². The normalized spacial score (nSPS) is 14.2. The monoisotopic (exact) mass is 448 g/mol. The van der Waals surface area contributed by atoms with Crippen LogP contribution < -0.4 is 10.6 Å². The van der Waals surface area contributed by atoms with Crippen LogP contribution in [0, 0.1) is 18.2 Å². The van der Waals surface area contributed by atoms with Crippen molar-refractivity contribution in [2.45, 2.75) is 25.5 Å². The zero-order chi connectivity index (χ0) is 23.4. The fourth-order valence-electron chi connectivity index (χ4n) is 3.75. The first-order chi connectivity index (χ1) is 16.0.